The van der Waals surface area contributed by atoms with Gasteiger partial charge in [-0.1, -0.05) is 54.6 Å². The van der Waals surface area contributed by atoms with E-state index in [0.717, 1.165) is 5.56 Å². The Kier molecular flexibility index (Phi) is 7.05. The van der Waals surface area contributed by atoms with E-state index in [4.69, 9.17) is 10.5 Å². The summed E-state index contributed by atoms with van der Waals surface area (Å²) in [7, 11) is 0. The zero-order chi connectivity index (χ0) is 18.9. The molecule has 0 aliphatic carbocycles. The number of hydrogen-bond donors (Lipinski definition) is 2. The fourth-order valence-corrected chi connectivity index (χ4v) is 2.44. The first-order valence-electron chi connectivity index (χ1n) is 8.36. The number of benzene rings is 2. The Morgan fingerprint density at radius 2 is 1.62 bits per heavy atom. The number of amides is 2. The van der Waals surface area contributed by atoms with Crippen molar-refractivity contribution >= 4 is 17.6 Å². The molecule has 26 heavy (non-hydrogen) atoms. The highest BCUT2D eigenvalue weighted by molar-refractivity contribution is 6.08. The van der Waals surface area contributed by atoms with Crippen LogP contribution in [0.4, 0.5) is 0 Å². The molecule has 6 heteroatoms. The Morgan fingerprint density at radius 3 is 2.19 bits per heavy atom. The molecule has 6 nitrogen and oxygen atoms in total. The quantitative estimate of drug-likeness (QED) is 0.666. The fourth-order valence-electron chi connectivity index (χ4n) is 2.44. The Hall–Kier alpha value is -2.99. The maximum atomic E-state index is 12.4. The SMILES string of the molecule is CCOCC(=O)N[C@@H](Cc1ccc(C(=O)c2ccccc2)cc1)C(N)=O. The smallest absolute Gasteiger partial charge is 0.246 e. The van der Waals surface area contributed by atoms with E-state index in [-0.39, 0.29) is 18.8 Å². The molecular formula is C20H22N2O4. The lowest BCUT2D eigenvalue weighted by Crippen LogP contribution is -2.47. The minimum atomic E-state index is -0.835. The Bertz CT molecular complexity index is 757. The van der Waals surface area contributed by atoms with E-state index in [9.17, 15) is 14.4 Å². The van der Waals surface area contributed by atoms with Crippen LogP contribution in [0, 0.1) is 0 Å². The van der Waals surface area contributed by atoms with Gasteiger partial charge in [0.05, 0.1) is 0 Å². The van der Waals surface area contributed by atoms with E-state index >= 15 is 0 Å². The Morgan fingerprint density at radius 1 is 1.00 bits per heavy atom. The molecule has 136 valence electrons. The average Bonchev–Trinajstić information content (AvgIpc) is 2.66. The van der Waals surface area contributed by atoms with Gasteiger partial charge in [0, 0.05) is 24.2 Å². The molecule has 0 aromatic heterocycles. The summed E-state index contributed by atoms with van der Waals surface area (Å²) in [6.07, 6.45) is 0.243. The van der Waals surface area contributed by atoms with Crippen LogP contribution in [0.2, 0.25) is 0 Å². The number of hydrogen-bond acceptors (Lipinski definition) is 4. The number of carbonyl (C=O) groups is 3. The molecule has 0 unspecified atom stereocenters. The summed E-state index contributed by atoms with van der Waals surface area (Å²) in [4.78, 5) is 35.7. The summed E-state index contributed by atoms with van der Waals surface area (Å²) in [5, 5.41) is 2.56. The summed E-state index contributed by atoms with van der Waals surface area (Å²) in [6.45, 7) is 2.06. The molecule has 2 aromatic rings. The van der Waals surface area contributed by atoms with Gasteiger partial charge < -0.3 is 15.8 Å². The number of nitrogens with two attached hydrogens (primary N) is 1. The van der Waals surface area contributed by atoms with Crippen molar-refractivity contribution in [1.29, 1.82) is 0 Å². The van der Waals surface area contributed by atoms with Crippen LogP contribution < -0.4 is 11.1 Å². The molecular weight excluding hydrogens is 332 g/mol. The zero-order valence-corrected chi connectivity index (χ0v) is 14.6. The summed E-state index contributed by atoms with van der Waals surface area (Å²) in [5.41, 5.74) is 7.32. The van der Waals surface area contributed by atoms with Crippen LogP contribution >= 0.6 is 0 Å². The van der Waals surface area contributed by atoms with Gasteiger partial charge in [-0.25, -0.2) is 0 Å². The van der Waals surface area contributed by atoms with Crippen molar-refractivity contribution in [3.05, 3.63) is 71.3 Å². The van der Waals surface area contributed by atoms with Gasteiger partial charge in [0.1, 0.15) is 12.6 Å². The molecule has 0 saturated heterocycles. The lowest BCUT2D eigenvalue weighted by atomic mass is 9.99. The van der Waals surface area contributed by atoms with Gasteiger partial charge in [-0.15, -0.1) is 0 Å². The number of primary amides is 1. The summed E-state index contributed by atoms with van der Waals surface area (Å²) in [6, 6.07) is 15.0. The minimum absolute atomic E-state index is 0.0754. The lowest BCUT2D eigenvalue weighted by molar-refractivity contribution is -0.130. The van der Waals surface area contributed by atoms with Gasteiger partial charge >= 0.3 is 0 Å². The second-order valence-electron chi connectivity index (χ2n) is 5.76. The van der Waals surface area contributed by atoms with E-state index in [1.807, 2.05) is 18.2 Å². The summed E-state index contributed by atoms with van der Waals surface area (Å²) < 4.78 is 5.01. The monoisotopic (exact) mass is 354 g/mol. The fraction of sp³-hybridized carbons (Fsp3) is 0.250. The van der Waals surface area contributed by atoms with Crippen molar-refractivity contribution in [1.82, 2.24) is 5.32 Å². The molecule has 0 spiro atoms. The molecule has 0 aliphatic rings. The van der Waals surface area contributed by atoms with Crippen LogP contribution in [0.5, 0.6) is 0 Å². The van der Waals surface area contributed by atoms with Crippen LogP contribution in [-0.4, -0.2) is 36.9 Å². The topological polar surface area (TPSA) is 98.5 Å². The predicted molar refractivity (Wildman–Crippen MR) is 97.6 cm³/mol. The second-order valence-corrected chi connectivity index (χ2v) is 5.76. The molecule has 0 saturated carbocycles. The highest BCUT2D eigenvalue weighted by atomic mass is 16.5. The number of ether oxygens (including phenoxy) is 1. The van der Waals surface area contributed by atoms with Crippen molar-refractivity contribution in [3.63, 3.8) is 0 Å². The normalized spacial score (nSPS) is 11.6. The Labute approximate surface area is 152 Å². The summed E-state index contributed by atoms with van der Waals surface area (Å²) in [5.74, 6) is -1.10. The van der Waals surface area contributed by atoms with Gasteiger partial charge in [-0.3, -0.25) is 14.4 Å². The first-order chi connectivity index (χ1) is 12.5. The van der Waals surface area contributed by atoms with Crippen LogP contribution in [-0.2, 0) is 20.7 Å². The van der Waals surface area contributed by atoms with E-state index in [1.54, 1.807) is 43.3 Å². The average molecular weight is 354 g/mol. The first-order valence-corrected chi connectivity index (χ1v) is 8.36. The van der Waals surface area contributed by atoms with E-state index < -0.39 is 17.9 Å². The van der Waals surface area contributed by atoms with Gasteiger partial charge in [0.25, 0.3) is 0 Å². The number of nitrogens with one attached hydrogen (secondary N) is 1. The highest BCUT2D eigenvalue weighted by Crippen LogP contribution is 2.12. The van der Waals surface area contributed by atoms with Gasteiger partial charge in [-0.2, -0.15) is 0 Å². The molecule has 0 heterocycles. The largest absolute Gasteiger partial charge is 0.372 e. The highest BCUT2D eigenvalue weighted by Gasteiger charge is 2.19. The lowest BCUT2D eigenvalue weighted by Gasteiger charge is -2.15. The molecule has 2 rings (SSSR count). The third-order valence-corrected chi connectivity index (χ3v) is 3.81. The van der Waals surface area contributed by atoms with Crippen molar-refractivity contribution < 1.29 is 19.1 Å². The van der Waals surface area contributed by atoms with Crippen LogP contribution in [0.25, 0.3) is 0 Å². The maximum Gasteiger partial charge on any atom is 0.246 e. The van der Waals surface area contributed by atoms with Crippen molar-refractivity contribution in [2.75, 3.05) is 13.2 Å². The molecule has 3 N–H and O–H groups in total. The molecule has 0 radical (unpaired) electrons. The first kappa shape index (κ1) is 19.3. The van der Waals surface area contributed by atoms with Crippen LogP contribution in [0.1, 0.15) is 28.4 Å². The standard InChI is InChI=1S/C20H22N2O4/c1-2-26-13-18(23)22-17(20(21)25)12-14-8-10-16(11-9-14)19(24)15-6-4-3-5-7-15/h3-11,17H,2,12-13H2,1H3,(H2,21,25)(H,22,23)/t17-/m0/s1. The third kappa shape index (κ3) is 5.53. The van der Waals surface area contributed by atoms with Crippen molar-refractivity contribution in [3.8, 4) is 0 Å². The predicted octanol–water partition coefficient (Wildman–Crippen LogP) is 1.47. The van der Waals surface area contributed by atoms with E-state index in [0.29, 0.717) is 17.7 Å². The van der Waals surface area contributed by atoms with Crippen LogP contribution in [0.15, 0.2) is 54.6 Å². The summed E-state index contributed by atoms with van der Waals surface area (Å²) >= 11 is 0. The minimum Gasteiger partial charge on any atom is -0.372 e. The van der Waals surface area contributed by atoms with E-state index in [1.165, 1.54) is 0 Å². The molecule has 0 bridgehead atoms. The molecule has 1 atom stereocenters. The number of ketones is 1. The van der Waals surface area contributed by atoms with Crippen molar-refractivity contribution in [2.24, 2.45) is 5.73 Å². The molecule has 2 aromatic carbocycles. The van der Waals surface area contributed by atoms with Gasteiger partial charge in [0.2, 0.25) is 11.8 Å². The number of carbonyl (C=O) groups excluding carboxylic acids is 3. The molecule has 2 amide bonds. The number of rotatable bonds is 9. The van der Waals surface area contributed by atoms with Gasteiger partial charge in [-0.05, 0) is 12.5 Å². The van der Waals surface area contributed by atoms with Crippen LogP contribution in [0.3, 0.4) is 0 Å². The molecule has 0 fully saturated rings. The third-order valence-electron chi connectivity index (χ3n) is 3.81. The second kappa shape index (κ2) is 9.48. The van der Waals surface area contributed by atoms with Gasteiger partial charge in [0.15, 0.2) is 5.78 Å². The zero-order valence-electron chi connectivity index (χ0n) is 14.6. The van der Waals surface area contributed by atoms with E-state index in [2.05, 4.69) is 5.32 Å². The maximum absolute atomic E-state index is 12.4. The molecule has 0 aliphatic heterocycles. The van der Waals surface area contributed by atoms with Crippen molar-refractivity contribution in [2.45, 2.75) is 19.4 Å². The Balaban J connectivity index is 2.03.